The summed E-state index contributed by atoms with van der Waals surface area (Å²) in [7, 11) is 0. The quantitative estimate of drug-likeness (QED) is 0.722. The molecule has 0 aromatic carbocycles. The van der Waals surface area contributed by atoms with Gasteiger partial charge in [-0.05, 0) is 18.8 Å². The van der Waals surface area contributed by atoms with Gasteiger partial charge < -0.3 is 9.84 Å². The Labute approximate surface area is 91.6 Å². The van der Waals surface area contributed by atoms with Crippen LogP contribution in [0.2, 0.25) is 0 Å². The van der Waals surface area contributed by atoms with Gasteiger partial charge in [0.1, 0.15) is 0 Å². The van der Waals surface area contributed by atoms with Gasteiger partial charge in [0, 0.05) is 0 Å². The topological polar surface area (TPSA) is 29.5 Å². The van der Waals surface area contributed by atoms with Crippen LogP contribution in [0.4, 0.5) is 0 Å². The minimum Gasteiger partial charge on any atom is -0.389 e. The molecule has 1 saturated carbocycles. The molecule has 0 spiro atoms. The van der Waals surface area contributed by atoms with Gasteiger partial charge in [0.25, 0.3) is 0 Å². The van der Waals surface area contributed by atoms with E-state index in [0.29, 0.717) is 12.7 Å². The molecule has 2 nitrogen and oxygen atoms in total. The van der Waals surface area contributed by atoms with E-state index in [0.717, 1.165) is 18.8 Å². The van der Waals surface area contributed by atoms with Crippen LogP contribution in [0.25, 0.3) is 0 Å². The Morgan fingerprint density at radius 1 is 1.50 bits per heavy atom. The Morgan fingerprint density at radius 3 is 2.93 bits per heavy atom. The third kappa shape index (κ3) is 4.16. The second-order valence-electron chi connectivity index (χ2n) is 4.20. The monoisotopic (exact) mass is 220 g/mol. The molecule has 0 aromatic rings. The van der Waals surface area contributed by atoms with E-state index in [2.05, 4.69) is 6.92 Å². The van der Waals surface area contributed by atoms with Gasteiger partial charge in [-0.25, -0.2) is 0 Å². The normalized spacial score (nSPS) is 30.2. The number of hydrogen-bond acceptors (Lipinski definition) is 2. The molecule has 0 amide bonds. The molecule has 0 heterocycles. The fourth-order valence-corrected chi connectivity index (χ4v) is 2.14. The van der Waals surface area contributed by atoms with Crippen LogP contribution in [0.5, 0.6) is 0 Å². The van der Waals surface area contributed by atoms with Gasteiger partial charge in [-0.3, -0.25) is 0 Å². The van der Waals surface area contributed by atoms with Gasteiger partial charge in [0.2, 0.25) is 0 Å². The maximum atomic E-state index is 9.25. The first-order valence-corrected chi connectivity index (χ1v) is 6.15. The molecule has 0 saturated heterocycles. The summed E-state index contributed by atoms with van der Waals surface area (Å²) in [6, 6.07) is 0. The lowest BCUT2D eigenvalue weighted by Gasteiger charge is -2.28. The van der Waals surface area contributed by atoms with E-state index >= 15 is 0 Å². The predicted molar refractivity (Wildman–Crippen MR) is 58.7 cm³/mol. The first kappa shape index (κ1) is 12.3. The number of rotatable bonds is 5. The van der Waals surface area contributed by atoms with Gasteiger partial charge in [-0.2, -0.15) is 0 Å². The molecule has 3 unspecified atom stereocenters. The summed E-state index contributed by atoms with van der Waals surface area (Å²) >= 11 is 5.50. The number of aliphatic hydroxyl groups is 1. The molecule has 0 bridgehead atoms. The maximum Gasteiger partial charge on any atom is 0.0908 e. The summed E-state index contributed by atoms with van der Waals surface area (Å²) < 4.78 is 5.63. The number of alkyl halides is 1. The van der Waals surface area contributed by atoms with Gasteiger partial charge in [0.05, 0.1) is 24.7 Å². The van der Waals surface area contributed by atoms with Crippen LogP contribution in [0, 0.1) is 5.92 Å². The molecule has 0 aliphatic heterocycles. The zero-order valence-electron chi connectivity index (χ0n) is 8.92. The smallest absolute Gasteiger partial charge is 0.0908 e. The van der Waals surface area contributed by atoms with Crippen LogP contribution < -0.4 is 0 Å². The summed E-state index contributed by atoms with van der Waals surface area (Å²) in [5.74, 6) is 1.09. The van der Waals surface area contributed by atoms with Crippen LogP contribution in [0.1, 0.15) is 39.0 Å². The molecule has 1 aliphatic rings. The van der Waals surface area contributed by atoms with Crippen molar-refractivity contribution in [3.63, 3.8) is 0 Å². The molecule has 3 atom stereocenters. The Hall–Kier alpha value is 0.210. The van der Waals surface area contributed by atoms with Gasteiger partial charge in [-0.1, -0.05) is 26.2 Å². The third-order valence-electron chi connectivity index (χ3n) is 3.01. The number of halogens is 1. The summed E-state index contributed by atoms with van der Waals surface area (Å²) in [6.45, 7) is 2.63. The lowest BCUT2D eigenvalue weighted by molar-refractivity contribution is -0.0270. The number of ether oxygens (including phenoxy) is 1. The van der Waals surface area contributed by atoms with Crippen molar-refractivity contribution in [1.29, 1.82) is 0 Å². The summed E-state index contributed by atoms with van der Waals surface area (Å²) in [5, 5.41) is 9.25. The molecule has 1 rings (SSSR count). The molecule has 84 valence electrons. The second-order valence-corrected chi connectivity index (χ2v) is 4.51. The fourth-order valence-electron chi connectivity index (χ4n) is 2.06. The van der Waals surface area contributed by atoms with E-state index in [4.69, 9.17) is 16.3 Å². The average Bonchev–Trinajstić information content (AvgIpc) is 2.26. The first-order chi connectivity index (χ1) is 6.76. The molecule has 1 N–H and O–H groups in total. The van der Waals surface area contributed by atoms with Crippen LogP contribution in [-0.4, -0.2) is 29.8 Å². The zero-order chi connectivity index (χ0) is 10.4. The largest absolute Gasteiger partial charge is 0.389 e. The van der Waals surface area contributed by atoms with Gasteiger partial charge >= 0.3 is 0 Å². The molecule has 3 heteroatoms. The van der Waals surface area contributed by atoms with Gasteiger partial charge in [0.15, 0.2) is 0 Å². The second kappa shape index (κ2) is 6.65. The number of hydrogen-bond donors (Lipinski definition) is 1. The fraction of sp³-hybridized carbons (Fsp3) is 1.00. The molecule has 14 heavy (non-hydrogen) atoms. The van der Waals surface area contributed by atoms with E-state index in [1.807, 2.05) is 0 Å². The lowest BCUT2D eigenvalue weighted by Crippen LogP contribution is -2.27. The highest BCUT2D eigenvalue weighted by molar-refractivity contribution is 6.18. The third-order valence-corrected chi connectivity index (χ3v) is 3.37. The molecule has 0 radical (unpaired) electrons. The van der Waals surface area contributed by atoms with Crippen molar-refractivity contribution >= 4 is 11.6 Å². The van der Waals surface area contributed by atoms with Crippen molar-refractivity contribution in [2.45, 2.75) is 51.2 Å². The molecule has 1 aliphatic carbocycles. The molecular formula is C11H21ClO2. The van der Waals surface area contributed by atoms with Crippen LogP contribution >= 0.6 is 11.6 Å². The van der Waals surface area contributed by atoms with Crippen molar-refractivity contribution in [1.82, 2.24) is 0 Å². The van der Waals surface area contributed by atoms with Crippen molar-refractivity contribution in [3.05, 3.63) is 0 Å². The van der Waals surface area contributed by atoms with E-state index in [1.54, 1.807) is 0 Å². The van der Waals surface area contributed by atoms with Crippen molar-refractivity contribution in [2.75, 3.05) is 12.5 Å². The Bertz CT molecular complexity index is 152. The summed E-state index contributed by atoms with van der Waals surface area (Å²) in [6.07, 6.45) is 6.01. The first-order valence-electron chi connectivity index (χ1n) is 5.61. The van der Waals surface area contributed by atoms with Crippen molar-refractivity contribution in [2.24, 2.45) is 5.92 Å². The highest BCUT2D eigenvalue weighted by atomic mass is 35.5. The van der Waals surface area contributed by atoms with E-state index in [9.17, 15) is 5.11 Å². The Balaban J connectivity index is 2.17. The summed E-state index contributed by atoms with van der Waals surface area (Å²) in [5.41, 5.74) is 0. The van der Waals surface area contributed by atoms with E-state index in [1.165, 1.54) is 19.3 Å². The van der Waals surface area contributed by atoms with Crippen molar-refractivity contribution in [3.8, 4) is 0 Å². The minimum absolute atomic E-state index is 0.268. The minimum atomic E-state index is -0.501. The zero-order valence-corrected chi connectivity index (χ0v) is 9.67. The Kier molecular flexibility index (Phi) is 5.83. The van der Waals surface area contributed by atoms with Gasteiger partial charge in [-0.15, -0.1) is 11.6 Å². The van der Waals surface area contributed by atoms with E-state index in [-0.39, 0.29) is 5.88 Å². The van der Waals surface area contributed by atoms with E-state index < -0.39 is 6.10 Å². The lowest BCUT2D eigenvalue weighted by atomic mass is 9.85. The SMILES string of the molecule is CCC1CCCC(OCC(O)CCl)C1. The highest BCUT2D eigenvalue weighted by Gasteiger charge is 2.21. The van der Waals surface area contributed by atoms with Crippen LogP contribution in [0.15, 0.2) is 0 Å². The molecule has 1 fully saturated rings. The predicted octanol–water partition coefficient (Wildman–Crippen LogP) is 2.57. The molecule has 0 aromatic heterocycles. The maximum absolute atomic E-state index is 9.25. The van der Waals surface area contributed by atoms with Crippen LogP contribution in [0.3, 0.4) is 0 Å². The molecular weight excluding hydrogens is 200 g/mol. The number of aliphatic hydroxyl groups excluding tert-OH is 1. The summed E-state index contributed by atoms with van der Waals surface area (Å²) in [4.78, 5) is 0. The highest BCUT2D eigenvalue weighted by Crippen LogP contribution is 2.28. The Morgan fingerprint density at radius 2 is 2.29 bits per heavy atom. The average molecular weight is 221 g/mol. The standard InChI is InChI=1S/C11H21ClO2/c1-2-9-4-3-5-11(6-9)14-8-10(13)7-12/h9-11,13H,2-8H2,1H3. The van der Waals surface area contributed by atoms with Crippen LogP contribution in [-0.2, 0) is 4.74 Å². The van der Waals surface area contributed by atoms with Crippen molar-refractivity contribution < 1.29 is 9.84 Å².